The zero-order valence-electron chi connectivity index (χ0n) is 9.99. The molecule has 18 heavy (non-hydrogen) atoms. The molecule has 0 N–H and O–H groups in total. The Labute approximate surface area is 102 Å². The van der Waals surface area contributed by atoms with Crippen LogP contribution in [0.4, 0.5) is 11.4 Å². The zero-order chi connectivity index (χ0) is 13.3. The van der Waals surface area contributed by atoms with Gasteiger partial charge in [-0.15, -0.1) is 0 Å². The summed E-state index contributed by atoms with van der Waals surface area (Å²) >= 11 is 0. The van der Waals surface area contributed by atoms with Gasteiger partial charge in [-0.2, -0.15) is 0 Å². The van der Waals surface area contributed by atoms with Crippen molar-refractivity contribution in [2.45, 2.75) is 13.8 Å². The highest BCUT2D eigenvalue weighted by atomic mass is 16.8. The molecular weight excluding hydrogens is 240 g/mol. The summed E-state index contributed by atoms with van der Waals surface area (Å²) in [4.78, 5) is 12.4. The Morgan fingerprint density at radius 2 is 2.11 bits per heavy atom. The van der Waals surface area contributed by atoms with Crippen molar-refractivity contribution in [3.63, 3.8) is 0 Å². The number of non-ortho nitro benzene ring substituents is 1. The second-order valence-electron chi connectivity index (χ2n) is 3.66. The van der Waals surface area contributed by atoms with Crippen molar-refractivity contribution in [2.24, 2.45) is 0 Å². The Morgan fingerprint density at radius 3 is 2.67 bits per heavy atom. The number of benzene rings is 1. The Bertz CT molecular complexity index is 591. The van der Waals surface area contributed by atoms with E-state index in [4.69, 9.17) is 0 Å². The maximum atomic E-state index is 11.5. The molecule has 0 aliphatic carbocycles. The van der Waals surface area contributed by atoms with Crippen LogP contribution in [0.3, 0.4) is 0 Å². The smallest absolute Gasteiger partial charge is 0.327 e. The summed E-state index contributed by atoms with van der Waals surface area (Å²) in [6.07, 6.45) is 0. The summed E-state index contributed by atoms with van der Waals surface area (Å²) < 4.78 is 4.47. The summed E-state index contributed by atoms with van der Waals surface area (Å²) in [5, 5.41) is 25.9. The fourth-order valence-corrected chi connectivity index (χ4v) is 1.91. The van der Waals surface area contributed by atoms with Crippen LogP contribution >= 0.6 is 0 Å². The predicted octanol–water partition coefficient (Wildman–Crippen LogP) is 1.22. The quantitative estimate of drug-likeness (QED) is 0.460. The molecule has 0 aliphatic rings. The molecule has 1 aromatic heterocycles. The van der Waals surface area contributed by atoms with E-state index >= 15 is 0 Å². The van der Waals surface area contributed by atoms with Crippen LogP contribution in [0.5, 0.6) is 0 Å². The fraction of sp³-hybridized carbons (Fsp3) is 0.400. The van der Waals surface area contributed by atoms with E-state index in [9.17, 15) is 15.3 Å². The van der Waals surface area contributed by atoms with Crippen LogP contribution in [-0.2, 0) is 0 Å². The number of hydrogen-bond acceptors (Lipinski definition) is 6. The van der Waals surface area contributed by atoms with Gasteiger partial charge in [0.25, 0.3) is 5.52 Å². The van der Waals surface area contributed by atoms with E-state index in [0.29, 0.717) is 18.8 Å². The van der Waals surface area contributed by atoms with E-state index in [1.54, 1.807) is 6.07 Å². The average molecular weight is 252 g/mol. The molecule has 2 aromatic rings. The third-order valence-electron chi connectivity index (χ3n) is 2.80. The second-order valence-corrected chi connectivity index (χ2v) is 3.66. The topological polar surface area (TPSA) is 99.3 Å². The molecule has 0 fully saturated rings. The molecule has 0 aliphatic heterocycles. The molecule has 0 spiro atoms. The van der Waals surface area contributed by atoms with E-state index < -0.39 is 4.92 Å². The van der Waals surface area contributed by atoms with Crippen molar-refractivity contribution in [1.82, 2.24) is 5.16 Å². The minimum Gasteiger partial charge on any atom is -0.368 e. The van der Waals surface area contributed by atoms with Crippen molar-refractivity contribution >= 4 is 22.4 Å². The van der Waals surface area contributed by atoms with E-state index in [1.807, 2.05) is 18.7 Å². The number of nitrogens with zero attached hydrogens (tertiary/aromatic N) is 4. The van der Waals surface area contributed by atoms with Crippen LogP contribution < -0.4 is 9.80 Å². The number of nitro benzene ring substituents is 1. The standard InChI is InChI=1S/C10H12N4O4/c1-3-12(4-2)8-6-5-7(13(15)16)9-10(8)14(17)18-11-9/h5-6H,3-4H2,1-2H3. The van der Waals surface area contributed by atoms with E-state index in [1.165, 1.54) is 6.07 Å². The van der Waals surface area contributed by atoms with Gasteiger partial charge in [0.1, 0.15) is 0 Å². The second kappa shape index (κ2) is 4.47. The predicted molar refractivity (Wildman–Crippen MR) is 63.2 cm³/mol. The van der Waals surface area contributed by atoms with Crippen LogP contribution in [0.25, 0.3) is 11.0 Å². The summed E-state index contributed by atoms with van der Waals surface area (Å²) in [6, 6.07) is 2.87. The minimum atomic E-state index is -0.586. The summed E-state index contributed by atoms with van der Waals surface area (Å²) in [5.74, 6) is 0. The van der Waals surface area contributed by atoms with Gasteiger partial charge >= 0.3 is 11.2 Å². The summed E-state index contributed by atoms with van der Waals surface area (Å²) in [6.45, 7) is 5.21. The van der Waals surface area contributed by atoms with Crippen molar-refractivity contribution in [1.29, 1.82) is 0 Å². The van der Waals surface area contributed by atoms with Crippen molar-refractivity contribution < 1.29 is 14.5 Å². The van der Waals surface area contributed by atoms with Gasteiger partial charge in [-0.3, -0.25) is 14.7 Å². The monoisotopic (exact) mass is 252 g/mol. The van der Waals surface area contributed by atoms with E-state index in [-0.39, 0.29) is 21.6 Å². The Kier molecular flexibility index (Phi) is 3.00. The lowest BCUT2D eigenvalue weighted by atomic mass is 10.2. The molecule has 0 radical (unpaired) electrons. The fourth-order valence-electron chi connectivity index (χ4n) is 1.91. The molecule has 0 bridgehead atoms. The van der Waals surface area contributed by atoms with Crippen LogP contribution in [0, 0.1) is 15.3 Å². The van der Waals surface area contributed by atoms with Gasteiger partial charge in [-0.25, -0.2) is 0 Å². The van der Waals surface area contributed by atoms with Gasteiger partial charge < -0.3 is 10.1 Å². The van der Waals surface area contributed by atoms with Gasteiger partial charge in [0.15, 0.2) is 0 Å². The summed E-state index contributed by atoms with van der Waals surface area (Å²) in [7, 11) is 0. The molecular formula is C10H12N4O4. The van der Waals surface area contributed by atoms with E-state index in [0.717, 1.165) is 0 Å². The molecule has 96 valence electrons. The van der Waals surface area contributed by atoms with Crippen molar-refractivity contribution in [2.75, 3.05) is 18.0 Å². The van der Waals surface area contributed by atoms with Gasteiger partial charge in [0, 0.05) is 19.2 Å². The number of fused-ring (bicyclic) bond motifs is 1. The largest absolute Gasteiger partial charge is 0.368 e. The molecule has 8 nitrogen and oxygen atoms in total. The number of nitro groups is 1. The Morgan fingerprint density at radius 1 is 1.44 bits per heavy atom. The van der Waals surface area contributed by atoms with Gasteiger partial charge in [0.2, 0.25) is 0 Å². The first-order chi connectivity index (χ1) is 8.60. The highest BCUT2D eigenvalue weighted by Gasteiger charge is 2.27. The first-order valence-corrected chi connectivity index (χ1v) is 5.51. The molecule has 2 rings (SSSR count). The average Bonchev–Trinajstić information content (AvgIpc) is 2.73. The zero-order valence-corrected chi connectivity index (χ0v) is 9.99. The van der Waals surface area contributed by atoms with E-state index in [2.05, 4.69) is 9.79 Å². The molecule has 1 heterocycles. The van der Waals surface area contributed by atoms with Crippen LogP contribution in [0.15, 0.2) is 16.8 Å². The molecule has 0 amide bonds. The SMILES string of the molecule is CCN(CC)c1ccc([N+](=O)[O-])c2no[n+]([O-])c12. The van der Waals surface area contributed by atoms with Crippen molar-refractivity contribution in [3.05, 3.63) is 27.5 Å². The first kappa shape index (κ1) is 12.1. The molecule has 8 heteroatoms. The molecule has 0 saturated heterocycles. The molecule has 0 atom stereocenters. The number of anilines is 1. The number of aromatic nitrogens is 2. The van der Waals surface area contributed by atoms with Crippen LogP contribution in [-0.4, -0.2) is 23.2 Å². The third-order valence-corrected chi connectivity index (χ3v) is 2.80. The molecule has 0 unspecified atom stereocenters. The minimum absolute atomic E-state index is 0.0283. The third kappa shape index (κ3) is 1.71. The van der Waals surface area contributed by atoms with Gasteiger partial charge in [-0.1, -0.05) is 0 Å². The van der Waals surface area contributed by atoms with Crippen LogP contribution in [0.2, 0.25) is 0 Å². The molecule has 0 saturated carbocycles. The lowest BCUT2D eigenvalue weighted by Crippen LogP contribution is -2.28. The highest BCUT2D eigenvalue weighted by molar-refractivity contribution is 5.91. The van der Waals surface area contributed by atoms with Gasteiger partial charge in [-0.05, 0) is 24.8 Å². The summed E-state index contributed by atoms with van der Waals surface area (Å²) in [5.41, 5.74) is 0.406. The van der Waals surface area contributed by atoms with Gasteiger partial charge in [0.05, 0.1) is 15.8 Å². The van der Waals surface area contributed by atoms with Crippen LogP contribution in [0.1, 0.15) is 13.8 Å². The Balaban J connectivity index is 2.74. The first-order valence-electron chi connectivity index (χ1n) is 5.51. The Hall–Kier alpha value is -2.38. The maximum Gasteiger partial charge on any atom is 0.327 e. The number of hydrogen-bond donors (Lipinski definition) is 0. The lowest BCUT2D eigenvalue weighted by Gasteiger charge is -2.19. The lowest BCUT2D eigenvalue weighted by molar-refractivity contribution is -0.782. The maximum absolute atomic E-state index is 11.5. The number of rotatable bonds is 4. The normalized spacial score (nSPS) is 10.8. The van der Waals surface area contributed by atoms with Crippen molar-refractivity contribution in [3.8, 4) is 0 Å². The highest BCUT2D eigenvalue weighted by Crippen LogP contribution is 2.30. The molecule has 1 aromatic carbocycles.